The van der Waals surface area contributed by atoms with E-state index >= 15 is 0 Å². The number of hydrogen-bond acceptors (Lipinski definition) is 6. The number of benzene rings is 2. The number of fused-ring (bicyclic) bond motifs is 2. The molecule has 4 heterocycles. The summed E-state index contributed by atoms with van der Waals surface area (Å²) in [6.07, 6.45) is 1.67. The molecule has 0 fully saturated rings. The Balaban J connectivity index is 1.62. The summed E-state index contributed by atoms with van der Waals surface area (Å²) in [6.45, 7) is 6.14. The highest BCUT2D eigenvalue weighted by Gasteiger charge is 2.45. The molecule has 1 amide bonds. The Labute approximate surface area is 224 Å². The van der Waals surface area contributed by atoms with Gasteiger partial charge in [-0.2, -0.15) is 0 Å². The molecule has 0 bridgehead atoms. The number of carbonyl (C=O) groups is 1. The summed E-state index contributed by atoms with van der Waals surface area (Å²) in [4.78, 5) is 25.3. The Morgan fingerprint density at radius 2 is 1.87 bits per heavy atom. The van der Waals surface area contributed by atoms with Crippen molar-refractivity contribution in [2.45, 2.75) is 32.9 Å². The zero-order chi connectivity index (χ0) is 26.7. The van der Waals surface area contributed by atoms with Gasteiger partial charge in [-0.1, -0.05) is 28.9 Å². The minimum absolute atomic E-state index is 0.000738. The molecular formula is C28H26ClN7O2. The van der Waals surface area contributed by atoms with Crippen LogP contribution in [0.1, 0.15) is 53.2 Å². The fourth-order valence-electron chi connectivity index (χ4n) is 5.29. The molecule has 10 heteroatoms. The van der Waals surface area contributed by atoms with Crippen LogP contribution in [0.3, 0.4) is 0 Å². The highest BCUT2D eigenvalue weighted by atomic mass is 35.5. The average Bonchev–Trinajstić information content (AvgIpc) is 3.56. The molecule has 0 spiro atoms. The minimum atomic E-state index is -0.431. The number of methoxy groups -OCH3 is 1. The summed E-state index contributed by atoms with van der Waals surface area (Å²) < 4.78 is 9.38. The normalized spacial score (nSPS) is 15.1. The van der Waals surface area contributed by atoms with Crippen molar-refractivity contribution in [1.29, 1.82) is 0 Å². The summed E-state index contributed by atoms with van der Waals surface area (Å²) >= 11 is 6.26. The second-order valence-electron chi connectivity index (χ2n) is 9.67. The molecule has 1 aliphatic rings. The Kier molecular flexibility index (Phi) is 5.68. The van der Waals surface area contributed by atoms with E-state index in [2.05, 4.69) is 33.7 Å². The van der Waals surface area contributed by atoms with E-state index in [0.29, 0.717) is 22.4 Å². The molecule has 9 nitrogen and oxygen atoms in total. The Morgan fingerprint density at radius 3 is 2.58 bits per heavy atom. The standard InChI is InChI=1S/C28H26ClN7O2/c1-15(2)35-25-23(31-26(35)20-7-6-12-30-27(20)38-5)28(37)36(24(25)17-8-10-18(29)11-9-17)19-13-16(3)22-21(14-19)34(4)33-32-22/h6-15,24H,1-5H3/t24-/m0/s1. The lowest BCUT2D eigenvalue weighted by molar-refractivity contribution is 0.0989. The number of ether oxygens (including phenoxy) is 1. The van der Waals surface area contributed by atoms with Crippen molar-refractivity contribution >= 4 is 34.2 Å². The number of rotatable bonds is 5. The first-order chi connectivity index (χ1) is 18.3. The van der Waals surface area contributed by atoms with Crippen LogP contribution in [-0.2, 0) is 7.05 Å². The summed E-state index contributed by atoms with van der Waals surface area (Å²) in [6, 6.07) is 14.9. The van der Waals surface area contributed by atoms with Gasteiger partial charge in [0.15, 0.2) is 5.69 Å². The fraction of sp³-hybridized carbons (Fsp3) is 0.250. The minimum Gasteiger partial charge on any atom is -0.480 e. The monoisotopic (exact) mass is 527 g/mol. The van der Waals surface area contributed by atoms with Gasteiger partial charge in [-0.25, -0.2) is 14.6 Å². The van der Waals surface area contributed by atoms with Gasteiger partial charge in [-0.15, -0.1) is 5.10 Å². The van der Waals surface area contributed by atoms with Gasteiger partial charge >= 0.3 is 0 Å². The van der Waals surface area contributed by atoms with Gasteiger partial charge < -0.3 is 9.30 Å². The maximum Gasteiger partial charge on any atom is 0.279 e. The maximum absolute atomic E-state index is 14.2. The van der Waals surface area contributed by atoms with Crippen LogP contribution in [0.25, 0.3) is 22.4 Å². The van der Waals surface area contributed by atoms with E-state index in [4.69, 9.17) is 21.3 Å². The molecule has 1 atom stereocenters. The average molecular weight is 528 g/mol. The fourth-order valence-corrected chi connectivity index (χ4v) is 5.42. The van der Waals surface area contributed by atoms with Gasteiger partial charge in [0.25, 0.3) is 5.91 Å². The van der Waals surface area contributed by atoms with E-state index in [0.717, 1.165) is 39.1 Å². The molecule has 3 aromatic heterocycles. The number of amides is 1. The topological polar surface area (TPSA) is 91.0 Å². The third-order valence-corrected chi connectivity index (χ3v) is 7.22. The number of anilines is 1. The summed E-state index contributed by atoms with van der Waals surface area (Å²) in [5, 5.41) is 9.08. The van der Waals surface area contributed by atoms with E-state index in [9.17, 15) is 4.79 Å². The van der Waals surface area contributed by atoms with Crippen molar-refractivity contribution in [3.8, 4) is 17.3 Å². The van der Waals surface area contributed by atoms with Crippen molar-refractivity contribution in [3.05, 3.63) is 82.3 Å². The Morgan fingerprint density at radius 1 is 1.11 bits per heavy atom. The second kappa shape index (κ2) is 8.95. The molecule has 0 unspecified atom stereocenters. The number of imidazole rings is 1. The molecule has 0 aliphatic carbocycles. The molecule has 192 valence electrons. The third kappa shape index (κ3) is 3.57. The number of nitrogens with zero attached hydrogens (tertiary/aromatic N) is 7. The van der Waals surface area contributed by atoms with Gasteiger partial charge in [-0.3, -0.25) is 9.69 Å². The smallest absolute Gasteiger partial charge is 0.279 e. The zero-order valence-electron chi connectivity index (χ0n) is 21.7. The largest absolute Gasteiger partial charge is 0.480 e. The summed E-state index contributed by atoms with van der Waals surface area (Å²) in [5.41, 5.74) is 6.21. The number of aromatic nitrogens is 6. The molecular weight excluding hydrogens is 502 g/mol. The van der Waals surface area contributed by atoms with Crippen LogP contribution in [0.5, 0.6) is 5.88 Å². The van der Waals surface area contributed by atoms with Crippen molar-refractivity contribution in [1.82, 2.24) is 29.5 Å². The first-order valence-electron chi connectivity index (χ1n) is 12.3. The zero-order valence-corrected chi connectivity index (χ0v) is 22.4. The lowest BCUT2D eigenvalue weighted by Gasteiger charge is -2.29. The number of halogens is 1. The molecule has 2 aromatic carbocycles. The van der Waals surface area contributed by atoms with Gasteiger partial charge in [0.1, 0.15) is 17.4 Å². The van der Waals surface area contributed by atoms with E-state index in [-0.39, 0.29) is 11.9 Å². The van der Waals surface area contributed by atoms with Crippen molar-refractivity contribution in [3.63, 3.8) is 0 Å². The third-order valence-electron chi connectivity index (χ3n) is 6.97. The molecule has 1 aliphatic heterocycles. The molecule has 0 saturated heterocycles. The highest BCUT2D eigenvalue weighted by Crippen LogP contribution is 2.46. The van der Waals surface area contributed by atoms with Crippen LogP contribution in [0.15, 0.2) is 54.7 Å². The van der Waals surface area contributed by atoms with E-state index < -0.39 is 6.04 Å². The molecule has 0 N–H and O–H groups in total. The van der Waals surface area contributed by atoms with Crippen LogP contribution in [0.4, 0.5) is 5.69 Å². The molecule has 0 saturated carbocycles. The number of hydrogen-bond donors (Lipinski definition) is 0. The number of pyridine rings is 1. The van der Waals surface area contributed by atoms with E-state index in [1.54, 1.807) is 18.0 Å². The first-order valence-corrected chi connectivity index (χ1v) is 12.7. The first kappa shape index (κ1) is 24.1. The van der Waals surface area contributed by atoms with Crippen molar-refractivity contribution < 1.29 is 9.53 Å². The number of aryl methyl sites for hydroxylation is 2. The second-order valence-corrected chi connectivity index (χ2v) is 10.1. The van der Waals surface area contributed by atoms with Gasteiger partial charge in [-0.05, 0) is 68.3 Å². The van der Waals surface area contributed by atoms with E-state index in [1.807, 2.05) is 67.4 Å². The molecule has 6 rings (SSSR count). The molecule has 5 aromatic rings. The highest BCUT2D eigenvalue weighted by molar-refractivity contribution is 6.30. The van der Waals surface area contributed by atoms with Crippen molar-refractivity contribution in [2.24, 2.45) is 7.05 Å². The van der Waals surface area contributed by atoms with Crippen LogP contribution in [0.2, 0.25) is 5.02 Å². The summed E-state index contributed by atoms with van der Waals surface area (Å²) in [5.74, 6) is 0.914. The van der Waals surface area contributed by atoms with Gasteiger partial charge in [0.05, 0.1) is 23.9 Å². The van der Waals surface area contributed by atoms with Crippen LogP contribution < -0.4 is 9.64 Å². The van der Waals surface area contributed by atoms with Crippen molar-refractivity contribution in [2.75, 3.05) is 12.0 Å². The molecule has 38 heavy (non-hydrogen) atoms. The Hall–Kier alpha value is -4.24. The van der Waals surface area contributed by atoms with Crippen LogP contribution in [-0.4, -0.2) is 42.5 Å². The van der Waals surface area contributed by atoms with E-state index in [1.165, 1.54) is 0 Å². The van der Waals surface area contributed by atoms with Gasteiger partial charge in [0.2, 0.25) is 5.88 Å². The van der Waals surface area contributed by atoms with Crippen LogP contribution >= 0.6 is 11.6 Å². The predicted molar refractivity (Wildman–Crippen MR) is 146 cm³/mol. The maximum atomic E-state index is 14.2. The van der Waals surface area contributed by atoms with Gasteiger partial charge in [0, 0.05) is 30.0 Å². The molecule has 0 radical (unpaired) electrons. The predicted octanol–water partition coefficient (Wildman–Crippen LogP) is 5.53. The Bertz CT molecular complexity index is 1700. The SMILES string of the molecule is COc1ncccc1-c1nc2c(n1C(C)C)[C@H](c1ccc(Cl)cc1)N(c1cc(C)c3nnn(C)c3c1)C2=O. The lowest BCUT2D eigenvalue weighted by Crippen LogP contribution is -2.30. The lowest BCUT2D eigenvalue weighted by atomic mass is 10.0. The quantitative estimate of drug-likeness (QED) is 0.298. The van der Waals surface area contributed by atoms with Crippen LogP contribution in [0, 0.1) is 6.92 Å². The summed E-state index contributed by atoms with van der Waals surface area (Å²) in [7, 11) is 3.43. The number of carbonyl (C=O) groups excluding carboxylic acids is 1.